The van der Waals surface area contributed by atoms with E-state index in [4.69, 9.17) is 0 Å². The maximum absolute atomic E-state index is 3.75. The second-order valence-electron chi connectivity index (χ2n) is 1.79. The number of allylic oxidation sites excluding steroid dienone is 2. The van der Waals surface area contributed by atoms with E-state index in [9.17, 15) is 0 Å². The average molecular weight is 97.2 g/mol. The van der Waals surface area contributed by atoms with Crippen LogP contribution in [0.3, 0.4) is 0 Å². The average Bonchev–Trinajstić information content (AvgIpc) is 1.68. The van der Waals surface area contributed by atoms with Gasteiger partial charge in [0.05, 0.1) is 0 Å². The van der Waals surface area contributed by atoms with Gasteiger partial charge in [0.1, 0.15) is 0 Å². The summed E-state index contributed by atoms with van der Waals surface area (Å²) in [5.74, 6) is 0.657. The van der Waals surface area contributed by atoms with E-state index in [1.54, 1.807) is 0 Å². The molecular weight excluding hydrogens is 84.1 g/mol. The standard InChI is InChI=1S/C7H13/c1-4-6-7(3)5-2/h4,6-7H,2,5H2,1,3H3. The minimum absolute atomic E-state index is 0.657. The third-order valence-electron chi connectivity index (χ3n) is 0.976. The van der Waals surface area contributed by atoms with Crippen LogP contribution in [0.15, 0.2) is 12.2 Å². The topological polar surface area (TPSA) is 0 Å². The monoisotopic (exact) mass is 97.1 g/mol. The Labute approximate surface area is 46.2 Å². The minimum Gasteiger partial charge on any atom is -0.0914 e. The van der Waals surface area contributed by atoms with E-state index in [2.05, 4.69) is 26.0 Å². The van der Waals surface area contributed by atoms with Crippen LogP contribution in [-0.2, 0) is 0 Å². The second-order valence-corrected chi connectivity index (χ2v) is 1.79. The van der Waals surface area contributed by atoms with E-state index in [1.807, 2.05) is 6.92 Å². The summed E-state index contributed by atoms with van der Waals surface area (Å²) in [6.07, 6.45) is 5.23. The lowest BCUT2D eigenvalue weighted by Gasteiger charge is -1.95. The number of hydrogen-bond acceptors (Lipinski definition) is 0. The summed E-state index contributed by atoms with van der Waals surface area (Å²) in [6.45, 7) is 7.95. The maximum atomic E-state index is 3.75. The molecule has 0 rings (SSSR count). The van der Waals surface area contributed by atoms with Gasteiger partial charge in [-0.15, -0.1) is 0 Å². The molecule has 1 radical (unpaired) electrons. The van der Waals surface area contributed by atoms with Gasteiger partial charge in [-0.05, 0) is 19.3 Å². The largest absolute Gasteiger partial charge is 0.0914 e. The minimum atomic E-state index is 0.657. The molecule has 0 fully saturated rings. The van der Waals surface area contributed by atoms with Gasteiger partial charge in [-0.1, -0.05) is 26.0 Å². The third kappa shape index (κ3) is 3.57. The van der Waals surface area contributed by atoms with Crippen LogP contribution in [0.25, 0.3) is 0 Å². The van der Waals surface area contributed by atoms with Crippen molar-refractivity contribution in [2.75, 3.05) is 0 Å². The molecule has 0 heterocycles. The van der Waals surface area contributed by atoms with Gasteiger partial charge in [-0.2, -0.15) is 0 Å². The Balaban J connectivity index is 3.16. The summed E-state index contributed by atoms with van der Waals surface area (Å²) in [7, 11) is 0. The number of hydrogen-bond donors (Lipinski definition) is 0. The van der Waals surface area contributed by atoms with Crippen LogP contribution in [0.5, 0.6) is 0 Å². The van der Waals surface area contributed by atoms with Gasteiger partial charge in [0.25, 0.3) is 0 Å². The molecule has 0 spiro atoms. The van der Waals surface area contributed by atoms with Crippen molar-refractivity contribution in [2.24, 2.45) is 5.92 Å². The quantitative estimate of drug-likeness (QED) is 0.464. The first-order valence-electron chi connectivity index (χ1n) is 2.73. The number of rotatable bonds is 2. The van der Waals surface area contributed by atoms with Gasteiger partial charge in [-0.25, -0.2) is 0 Å². The maximum Gasteiger partial charge on any atom is -0.0262 e. The SMILES string of the molecule is [CH2]CC(C)C=CC. The Bertz CT molecular complexity index is 53.1. The second kappa shape index (κ2) is 3.91. The molecule has 0 nitrogen and oxygen atoms in total. The van der Waals surface area contributed by atoms with E-state index in [0.717, 1.165) is 6.42 Å². The fourth-order valence-corrected chi connectivity index (χ4v) is 0.425. The summed E-state index contributed by atoms with van der Waals surface area (Å²) >= 11 is 0. The van der Waals surface area contributed by atoms with E-state index in [-0.39, 0.29) is 0 Å². The molecule has 0 heteroatoms. The Kier molecular flexibility index (Phi) is 3.77. The van der Waals surface area contributed by atoms with Gasteiger partial charge in [-0.3, -0.25) is 0 Å². The highest BCUT2D eigenvalue weighted by atomic mass is 13.9. The summed E-state index contributed by atoms with van der Waals surface area (Å²) in [6, 6.07) is 0. The summed E-state index contributed by atoms with van der Waals surface area (Å²) < 4.78 is 0. The highest BCUT2D eigenvalue weighted by Crippen LogP contribution is 1.99. The van der Waals surface area contributed by atoms with Crippen LogP contribution in [0.2, 0.25) is 0 Å². The molecule has 0 aromatic rings. The zero-order valence-electron chi connectivity index (χ0n) is 5.15. The molecule has 0 N–H and O–H groups in total. The lowest BCUT2D eigenvalue weighted by atomic mass is 10.1. The molecule has 0 aliphatic carbocycles. The molecule has 0 bridgehead atoms. The van der Waals surface area contributed by atoms with Crippen molar-refractivity contribution in [2.45, 2.75) is 20.3 Å². The predicted molar refractivity (Wildman–Crippen MR) is 34.0 cm³/mol. The molecule has 0 aliphatic rings. The first-order valence-corrected chi connectivity index (χ1v) is 2.73. The van der Waals surface area contributed by atoms with E-state index in [1.165, 1.54) is 0 Å². The van der Waals surface area contributed by atoms with Crippen LogP contribution >= 0.6 is 0 Å². The van der Waals surface area contributed by atoms with Gasteiger partial charge >= 0.3 is 0 Å². The smallest absolute Gasteiger partial charge is 0.0262 e. The van der Waals surface area contributed by atoms with Crippen molar-refractivity contribution < 1.29 is 0 Å². The molecule has 0 amide bonds. The van der Waals surface area contributed by atoms with Crippen LogP contribution in [-0.4, -0.2) is 0 Å². The van der Waals surface area contributed by atoms with E-state index >= 15 is 0 Å². The summed E-state index contributed by atoms with van der Waals surface area (Å²) in [5, 5.41) is 0. The van der Waals surface area contributed by atoms with E-state index < -0.39 is 0 Å². The third-order valence-corrected chi connectivity index (χ3v) is 0.976. The normalized spacial score (nSPS) is 15.3. The van der Waals surface area contributed by atoms with Crippen LogP contribution in [0.1, 0.15) is 20.3 Å². The molecule has 0 saturated carbocycles. The Morgan fingerprint density at radius 1 is 1.71 bits per heavy atom. The molecule has 0 aliphatic heterocycles. The van der Waals surface area contributed by atoms with Crippen LogP contribution in [0.4, 0.5) is 0 Å². The Morgan fingerprint density at radius 3 is 2.43 bits per heavy atom. The van der Waals surface area contributed by atoms with E-state index in [0.29, 0.717) is 5.92 Å². The Hall–Kier alpha value is -0.260. The van der Waals surface area contributed by atoms with Gasteiger partial charge in [0.15, 0.2) is 0 Å². The molecule has 1 unspecified atom stereocenters. The van der Waals surface area contributed by atoms with Gasteiger partial charge in [0, 0.05) is 0 Å². The molecular formula is C7H13. The molecule has 0 aromatic carbocycles. The van der Waals surface area contributed by atoms with Crippen molar-refractivity contribution in [1.82, 2.24) is 0 Å². The molecule has 41 valence electrons. The molecule has 7 heavy (non-hydrogen) atoms. The van der Waals surface area contributed by atoms with Crippen molar-refractivity contribution in [3.8, 4) is 0 Å². The lowest BCUT2D eigenvalue weighted by molar-refractivity contribution is 0.741. The van der Waals surface area contributed by atoms with Gasteiger partial charge in [0.2, 0.25) is 0 Å². The van der Waals surface area contributed by atoms with Crippen LogP contribution < -0.4 is 0 Å². The highest BCUT2D eigenvalue weighted by molar-refractivity contribution is 4.82. The fourth-order valence-electron chi connectivity index (χ4n) is 0.425. The molecule has 0 saturated heterocycles. The predicted octanol–water partition coefficient (Wildman–Crippen LogP) is 2.42. The molecule has 0 aromatic heterocycles. The summed E-state index contributed by atoms with van der Waals surface area (Å²) in [5.41, 5.74) is 0. The summed E-state index contributed by atoms with van der Waals surface area (Å²) in [4.78, 5) is 0. The zero-order chi connectivity index (χ0) is 5.70. The first kappa shape index (κ1) is 6.74. The van der Waals surface area contributed by atoms with Crippen LogP contribution in [0, 0.1) is 12.8 Å². The van der Waals surface area contributed by atoms with Crippen molar-refractivity contribution in [1.29, 1.82) is 0 Å². The van der Waals surface area contributed by atoms with Crippen molar-refractivity contribution in [3.63, 3.8) is 0 Å². The van der Waals surface area contributed by atoms with Crippen molar-refractivity contribution in [3.05, 3.63) is 19.1 Å². The zero-order valence-corrected chi connectivity index (χ0v) is 5.15. The van der Waals surface area contributed by atoms with Crippen molar-refractivity contribution >= 4 is 0 Å². The fraction of sp³-hybridized carbons (Fsp3) is 0.571. The first-order chi connectivity index (χ1) is 3.31. The van der Waals surface area contributed by atoms with Gasteiger partial charge < -0.3 is 0 Å². The lowest BCUT2D eigenvalue weighted by Crippen LogP contribution is -1.82. The molecule has 1 atom stereocenters. The highest BCUT2D eigenvalue weighted by Gasteiger charge is 1.86. The Morgan fingerprint density at radius 2 is 2.29 bits per heavy atom.